The summed E-state index contributed by atoms with van der Waals surface area (Å²) in [4.78, 5) is 28.1. The number of benzene rings is 1. The van der Waals surface area contributed by atoms with Gasteiger partial charge in [-0.25, -0.2) is 4.98 Å². The van der Waals surface area contributed by atoms with E-state index < -0.39 is 4.92 Å². The molecule has 2 aromatic heterocycles. The first-order valence-electron chi connectivity index (χ1n) is 7.07. The molecule has 3 aromatic rings. The lowest BCUT2D eigenvalue weighted by atomic mass is 10.1. The topological polar surface area (TPSA) is 96.5 Å². The van der Waals surface area contributed by atoms with E-state index in [4.69, 9.17) is 9.47 Å². The van der Waals surface area contributed by atoms with Gasteiger partial charge in [-0.2, -0.15) is 0 Å². The van der Waals surface area contributed by atoms with Crippen LogP contribution < -0.4 is 10.3 Å². The number of aromatic nitrogens is 2. The van der Waals surface area contributed by atoms with E-state index in [0.717, 1.165) is 0 Å². The second kappa shape index (κ2) is 5.69. The monoisotopic (exact) mass is 345 g/mol. The summed E-state index contributed by atoms with van der Waals surface area (Å²) >= 11 is 1.39. The van der Waals surface area contributed by atoms with Crippen molar-refractivity contribution < 1.29 is 14.4 Å². The first kappa shape index (κ1) is 14.8. The van der Waals surface area contributed by atoms with Gasteiger partial charge in [-0.05, 0) is 11.4 Å². The van der Waals surface area contributed by atoms with Gasteiger partial charge in [0.1, 0.15) is 10.6 Å². The van der Waals surface area contributed by atoms with E-state index >= 15 is 0 Å². The van der Waals surface area contributed by atoms with Gasteiger partial charge in [-0.1, -0.05) is 0 Å². The first-order chi connectivity index (χ1) is 11.6. The number of thiophene rings is 1. The number of ether oxygens (including phenoxy) is 2. The van der Waals surface area contributed by atoms with Crippen LogP contribution in [0.3, 0.4) is 0 Å². The molecular weight excluding hydrogens is 334 g/mol. The Morgan fingerprint density at radius 3 is 3.12 bits per heavy atom. The third-order valence-corrected chi connectivity index (χ3v) is 4.59. The van der Waals surface area contributed by atoms with Crippen LogP contribution in [0.5, 0.6) is 5.75 Å². The molecule has 9 heteroatoms. The Labute approximate surface area is 139 Å². The Balaban J connectivity index is 1.83. The van der Waals surface area contributed by atoms with Crippen molar-refractivity contribution in [1.82, 2.24) is 9.55 Å². The van der Waals surface area contributed by atoms with Gasteiger partial charge in [-0.3, -0.25) is 19.5 Å². The molecule has 24 heavy (non-hydrogen) atoms. The second-order valence-corrected chi connectivity index (χ2v) is 6.17. The summed E-state index contributed by atoms with van der Waals surface area (Å²) in [6, 6.07) is 4.58. The minimum atomic E-state index is -0.471. The van der Waals surface area contributed by atoms with E-state index in [-0.39, 0.29) is 31.2 Å². The zero-order chi connectivity index (χ0) is 16.7. The Bertz CT molecular complexity index is 1010. The number of fused-ring (bicyclic) bond motifs is 2. The van der Waals surface area contributed by atoms with Gasteiger partial charge < -0.3 is 9.47 Å². The summed E-state index contributed by atoms with van der Waals surface area (Å²) in [5.41, 5.74) is 0.910. The van der Waals surface area contributed by atoms with Gasteiger partial charge in [0, 0.05) is 23.3 Å². The molecule has 0 saturated heterocycles. The molecule has 1 aliphatic rings. The van der Waals surface area contributed by atoms with Gasteiger partial charge in [0.2, 0.25) is 0 Å². The smallest absolute Gasteiger partial charge is 0.270 e. The summed E-state index contributed by atoms with van der Waals surface area (Å²) < 4.78 is 12.1. The number of nitro groups is 1. The van der Waals surface area contributed by atoms with E-state index in [1.165, 1.54) is 34.4 Å². The van der Waals surface area contributed by atoms with Gasteiger partial charge in [0.15, 0.2) is 6.79 Å². The van der Waals surface area contributed by atoms with Gasteiger partial charge >= 0.3 is 0 Å². The standard InChI is InChI=1S/C15H11N3O5S/c19-15-12-1-2-24-14(12)16-7-17(15)5-9-3-11(18(20)21)4-10-6-22-8-23-13(9)10/h1-4,7H,5-6,8H2. The number of rotatable bonds is 3. The van der Waals surface area contributed by atoms with Crippen LogP contribution in [0.15, 0.2) is 34.7 Å². The molecule has 0 fully saturated rings. The molecule has 0 atom stereocenters. The molecule has 1 aliphatic heterocycles. The van der Waals surface area contributed by atoms with Crippen LogP contribution in [0.4, 0.5) is 5.69 Å². The lowest BCUT2D eigenvalue weighted by molar-refractivity contribution is -0.385. The lowest BCUT2D eigenvalue weighted by Crippen LogP contribution is -2.22. The molecular formula is C15H11N3O5S. The Hall–Kier alpha value is -2.78. The number of hydrogen-bond acceptors (Lipinski definition) is 7. The zero-order valence-corrected chi connectivity index (χ0v) is 13.1. The molecule has 4 rings (SSSR count). The molecule has 0 saturated carbocycles. The van der Waals surface area contributed by atoms with Gasteiger partial charge in [-0.15, -0.1) is 11.3 Å². The molecule has 0 bridgehead atoms. The van der Waals surface area contributed by atoms with Crippen molar-refractivity contribution in [2.45, 2.75) is 13.2 Å². The highest BCUT2D eigenvalue weighted by molar-refractivity contribution is 7.16. The molecule has 0 aliphatic carbocycles. The molecule has 0 radical (unpaired) electrons. The predicted molar refractivity (Wildman–Crippen MR) is 86.4 cm³/mol. The zero-order valence-electron chi connectivity index (χ0n) is 12.3. The van der Waals surface area contributed by atoms with Crippen LogP contribution in [-0.2, 0) is 17.9 Å². The lowest BCUT2D eigenvalue weighted by Gasteiger charge is -2.20. The highest BCUT2D eigenvalue weighted by Crippen LogP contribution is 2.33. The summed E-state index contributed by atoms with van der Waals surface area (Å²) in [5, 5.41) is 13.5. The molecule has 0 N–H and O–H groups in total. The number of nitrogens with zero attached hydrogens (tertiary/aromatic N) is 3. The molecule has 0 spiro atoms. The fourth-order valence-electron chi connectivity index (χ4n) is 2.69. The van der Waals surface area contributed by atoms with Crippen molar-refractivity contribution in [1.29, 1.82) is 0 Å². The fraction of sp³-hybridized carbons (Fsp3) is 0.200. The molecule has 0 unspecified atom stereocenters. The van der Waals surface area contributed by atoms with E-state index in [9.17, 15) is 14.9 Å². The van der Waals surface area contributed by atoms with Crippen LogP contribution in [-0.4, -0.2) is 21.3 Å². The van der Waals surface area contributed by atoms with E-state index in [1.54, 1.807) is 11.4 Å². The summed E-state index contributed by atoms with van der Waals surface area (Å²) in [5.74, 6) is 0.532. The Kier molecular flexibility index (Phi) is 3.51. The van der Waals surface area contributed by atoms with Crippen LogP contribution >= 0.6 is 11.3 Å². The van der Waals surface area contributed by atoms with Crippen molar-refractivity contribution in [2.24, 2.45) is 0 Å². The first-order valence-corrected chi connectivity index (χ1v) is 7.95. The van der Waals surface area contributed by atoms with Crippen LogP contribution in [0.25, 0.3) is 10.2 Å². The average Bonchev–Trinajstić information content (AvgIpc) is 3.06. The maximum atomic E-state index is 12.5. The van der Waals surface area contributed by atoms with Gasteiger partial charge in [0.05, 0.1) is 29.8 Å². The third-order valence-electron chi connectivity index (χ3n) is 3.77. The summed E-state index contributed by atoms with van der Waals surface area (Å²) in [7, 11) is 0. The molecule has 0 amide bonds. The molecule has 122 valence electrons. The normalized spacial score (nSPS) is 13.5. The molecule has 1 aromatic carbocycles. The number of hydrogen-bond donors (Lipinski definition) is 0. The third kappa shape index (κ3) is 2.43. The maximum absolute atomic E-state index is 12.5. The Morgan fingerprint density at radius 2 is 2.29 bits per heavy atom. The Morgan fingerprint density at radius 1 is 1.42 bits per heavy atom. The van der Waals surface area contributed by atoms with Crippen molar-refractivity contribution in [3.05, 3.63) is 61.5 Å². The van der Waals surface area contributed by atoms with E-state index in [1.807, 2.05) is 0 Å². The van der Waals surface area contributed by atoms with Crippen molar-refractivity contribution in [3.8, 4) is 5.75 Å². The summed E-state index contributed by atoms with van der Waals surface area (Å²) in [6.07, 6.45) is 1.45. The quantitative estimate of drug-likeness (QED) is 0.534. The largest absolute Gasteiger partial charge is 0.467 e. The minimum absolute atomic E-state index is 0.0598. The molecule has 8 nitrogen and oxygen atoms in total. The van der Waals surface area contributed by atoms with Crippen molar-refractivity contribution in [2.75, 3.05) is 6.79 Å². The predicted octanol–water partition coefficient (Wildman–Crippen LogP) is 2.28. The van der Waals surface area contributed by atoms with Crippen molar-refractivity contribution in [3.63, 3.8) is 0 Å². The number of non-ortho nitro benzene ring substituents is 1. The fourth-order valence-corrected chi connectivity index (χ4v) is 3.42. The van der Waals surface area contributed by atoms with Crippen LogP contribution in [0, 0.1) is 10.1 Å². The highest BCUT2D eigenvalue weighted by Gasteiger charge is 2.21. The summed E-state index contributed by atoms with van der Waals surface area (Å²) in [6.45, 7) is 0.455. The minimum Gasteiger partial charge on any atom is -0.467 e. The van der Waals surface area contributed by atoms with Crippen molar-refractivity contribution >= 4 is 27.2 Å². The van der Waals surface area contributed by atoms with Gasteiger partial charge in [0.25, 0.3) is 11.2 Å². The maximum Gasteiger partial charge on any atom is 0.270 e. The highest BCUT2D eigenvalue weighted by atomic mass is 32.1. The SMILES string of the molecule is O=c1c2ccsc2ncn1Cc1cc([N+](=O)[O-])cc2c1OCOC2. The van der Waals surface area contributed by atoms with Crippen LogP contribution in [0.2, 0.25) is 0 Å². The van der Waals surface area contributed by atoms with E-state index in [0.29, 0.717) is 27.1 Å². The van der Waals surface area contributed by atoms with Crippen LogP contribution in [0.1, 0.15) is 11.1 Å². The van der Waals surface area contributed by atoms with E-state index in [2.05, 4.69) is 4.98 Å². The molecule has 3 heterocycles. The average molecular weight is 345 g/mol. The number of nitro benzene ring substituents is 1. The second-order valence-electron chi connectivity index (χ2n) is 5.28.